The van der Waals surface area contributed by atoms with Crippen LogP contribution in [0.4, 0.5) is 5.69 Å². The second kappa shape index (κ2) is 13.0. The number of hydrazine groups is 1. The molecule has 3 aromatic rings. The van der Waals surface area contributed by atoms with Gasteiger partial charge in [0.25, 0.3) is 17.7 Å². The maximum atomic E-state index is 13.0. The second-order valence-corrected chi connectivity index (χ2v) is 10.5. The van der Waals surface area contributed by atoms with Crippen LogP contribution in [-0.4, -0.2) is 40.3 Å². The fraction of sp³-hybridized carbons (Fsp3) is 0.111. The van der Waals surface area contributed by atoms with E-state index >= 15 is 0 Å². The number of thioether (sulfide) groups is 1. The van der Waals surface area contributed by atoms with Crippen LogP contribution >= 0.6 is 47.2 Å². The van der Waals surface area contributed by atoms with Crippen molar-refractivity contribution in [2.45, 2.75) is 6.92 Å². The highest BCUT2D eigenvalue weighted by Crippen LogP contribution is 2.34. The summed E-state index contributed by atoms with van der Waals surface area (Å²) in [5, 5.41) is 4.73. The number of ether oxygens (including phenoxy) is 2. The van der Waals surface area contributed by atoms with Gasteiger partial charge in [0.2, 0.25) is 0 Å². The van der Waals surface area contributed by atoms with Gasteiger partial charge in [0.1, 0.15) is 0 Å². The maximum Gasteiger partial charge on any atom is 0.285 e. The van der Waals surface area contributed by atoms with Gasteiger partial charge in [-0.25, -0.2) is 0 Å². The molecule has 0 spiro atoms. The van der Waals surface area contributed by atoms with E-state index < -0.39 is 11.8 Å². The highest BCUT2D eigenvalue weighted by molar-refractivity contribution is 8.26. The molecule has 0 saturated carbocycles. The minimum Gasteiger partial charge on any atom is -0.490 e. The fourth-order valence-electron chi connectivity index (χ4n) is 3.39. The van der Waals surface area contributed by atoms with Crippen LogP contribution in [0.3, 0.4) is 0 Å². The molecule has 3 amide bonds. The second-order valence-electron chi connectivity index (χ2n) is 7.95. The van der Waals surface area contributed by atoms with Gasteiger partial charge in [-0.1, -0.05) is 47.1 Å². The summed E-state index contributed by atoms with van der Waals surface area (Å²) in [4.78, 5) is 38.2. The van der Waals surface area contributed by atoms with Gasteiger partial charge in [-0.15, -0.1) is 0 Å². The number of thiocarbonyl (C=S) groups is 1. The normalized spacial score (nSPS) is 13.9. The summed E-state index contributed by atoms with van der Waals surface area (Å²) < 4.78 is 11.6. The van der Waals surface area contributed by atoms with E-state index in [0.717, 1.165) is 16.8 Å². The lowest BCUT2D eigenvalue weighted by molar-refractivity contribution is -0.123. The molecule has 0 aromatic heterocycles. The van der Waals surface area contributed by atoms with E-state index in [1.54, 1.807) is 72.8 Å². The summed E-state index contributed by atoms with van der Waals surface area (Å²) in [7, 11) is 0. The standard InChI is InChI=1S/C27H21Cl2N3O5S2/c1-2-36-22-12-16(6-11-21(22)37-15-24(33)30-20-5-3-4-19(29)14-20)13-23-26(35)32(27(38)39-23)31-25(34)17-7-9-18(28)10-8-17/h3-14H,2,15H2,1H3,(H,30,33)(H,31,34)/b23-13+. The van der Waals surface area contributed by atoms with Crippen LogP contribution in [0.5, 0.6) is 11.5 Å². The van der Waals surface area contributed by atoms with Crippen molar-refractivity contribution in [1.82, 2.24) is 10.4 Å². The molecule has 8 nitrogen and oxygen atoms in total. The average Bonchev–Trinajstić information content (AvgIpc) is 3.16. The number of carbonyl (C=O) groups excluding carboxylic acids is 3. The predicted molar refractivity (Wildman–Crippen MR) is 157 cm³/mol. The Hall–Kier alpha value is -3.57. The molecule has 39 heavy (non-hydrogen) atoms. The van der Waals surface area contributed by atoms with E-state index in [1.807, 2.05) is 6.92 Å². The monoisotopic (exact) mass is 601 g/mol. The lowest BCUT2D eigenvalue weighted by Crippen LogP contribution is -2.44. The molecule has 0 bridgehead atoms. The Kier molecular flexibility index (Phi) is 9.47. The van der Waals surface area contributed by atoms with Crippen molar-refractivity contribution in [3.63, 3.8) is 0 Å². The van der Waals surface area contributed by atoms with Gasteiger partial charge in [-0.3, -0.25) is 19.8 Å². The third-order valence-electron chi connectivity index (χ3n) is 5.15. The zero-order chi connectivity index (χ0) is 27.9. The average molecular weight is 603 g/mol. The minimum absolute atomic E-state index is 0.185. The molecule has 1 aliphatic heterocycles. The highest BCUT2D eigenvalue weighted by Gasteiger charge is 2.33. The van der Waals surface area contributed by atoms with E-state index in [-0.39, 0.29) is 16.8 Å². The number of hydrogen-bond acceptors (Lipinski definition) is 7. The van der Waals surface area contributed by atoms with Crippen molar-refractivity contribution in [3.8, 4) is 11.5 Å². The molecule has 4 rings (SSSR count). The Morgan fingerprint density at radius 1 is 1.00 bits per heavy atom. The summed E-state index contributed by atoms with van der Waals surface area (Å²) in [5.74, 6) is -0.577. The van der Waals surface area contributed by atoms with Crippen LogP contribution in [-0.2, 0) is 9.59 Å². The Morgan fingerprint density at radius 3 is 2.49 bits per heavy atom. The van der Waals surface area contributed by atoms with Crippen molar-refractivity contribution in [2.75, 3.05) is 18.5 Å². The first-order valence-corrected chi connectivity index (χ1v) is 13.5. The largest absolute Gasteiger partial charge is 0.490 e. The molecular formula is C27H21Cl2N3O5S2. The maximum absolute atomic E-state index is 13.0. The lowest BCUT2D eigenvalue weighted by Gasteiger charge is -2.15. The number of benzene rings is 3. The van der Waals surface area contributed by atoms with Gasteiger partial charge in [-0.2, -0.15) is 5.01 Å². The molecule has 200 valence electrons. The van der Waals surface area contributed by atoms with Crippen LogP contribution in [0.1, 0.15) is 22.8 Å². The molecule has 12 heteroatoms. The molecule has 0 atom stereocenters. The van der Waals surface area contributed by atoms with E-state index in [9.17, 15) is 14.4 Å². The van der Waals surface area contributed by atoms with Crippen LogP contribution in [0, 0.1) is 0 Å². The van der Waals surface area contributed by atoms with Gasteiger partial charge in [0.05, 0.1) is 11.5 Å². The molecule has 0 radical (unpaired) electrons. The van der Waals surface area contributed by atoms with Crippen LogP contribution in [0.15, 0.2) is 71.6 Å². The van der Waals surface area contributed by atoms with E-state index in [1.165, 1.54) is 0 Å². The molecule has 1 saturated heterocycles. The number of carbonyl (C=O) groups is 3. The van der Waals surface area contributed by atoms with Crippen LogP contribution in [0.25, 0.3) is 6.08 Å². The summed E-state index contributed by atoms with van der Waals surface area (Å²) in [6.45, 7) is 1.92. The third kappa shape index (κ3) is 7.51. The molecule has 1 fully saturated rings. The summed E-state index contributed by atoms with van der Waals surface area (Å²) in [6, 6.07) is 18.1. The van der Waals surface area contributed by atoms with Gasteiger partial charge in [0.15, 0.2) is 22.4 Å². The smallest absolute Gasteiger partial charge is 0.285 e. The van der Waals surface area contributed by atoms with Crippen molar-refractivity contribution in [2.24, 2.45) is 0 Å². The van der Waals surface area contributed by atoms with Gasteiger partial charge >= 0.3 is 0 Å². The zero-order valence-corrected chi connectivity index (χ0v) is 23.5. The number of nitrogens with zero attached hydrogens (tertiary/aromatic N) is 1. The third-order valence-corrected chi connectivity index (χ3v) is 6.94. The summed E-state index contributed by atoms with van der Waals surface area (Å²) in [5.41, 5.74) is 4.05. The van der Waals surface area contributed by atoms with Gasteiger partial charge in [0, 0.05) is 21.3 Å². The summed E-state index contributed by atoms with van der Waals surface area (Å²) in [6.07, 6.45) is 1.63. The number of anilines is 1. The Morgan fingerprint density at radius 2 is 1.77 bits per heavy atom. The SMILES string of the molecule is CCOc1cc(/C=C2/SC(=S)N(NC(=O)c3ccc(Cl)cc3)C2=O)ccc1OCC(=O)Nc1cccc(Cl)c1. The Labute approximate surface area is 244 Å². The number of amides is 3. The number of nitrogens with one attached hydrogen (secondary N) is 2. The highest BCUT2D eigenvalue weighted by atomic mass is 35.5. The summed E-state index contributed by atoms with van der Waals surface area (Å²) >= 11 is 18.2. The van der Waals surface area contributed by atoms with Crippen molar-refractivity contribution in [3.05, 3.63) is 92.8 Å². The topological polar surface area (TPSA) is 97.0 Å². The quantitative estimate of drug-likeness (QED) is 0.231. The van der Waals surface area contributed by atoms with Crippen molar-refractivity contribution >= 4 is 81.0 Å². The number of rotatable bonds is 9. The van der Waals surface area contributed by atoms with Crippen LogP contribution < -0.4 is 20.2 Å². The van der Waals surface area contributed by atoms with E-state index in [0.29, 0.717) is 49.9 Å². The predicted octanol–water partition coefficient (Wildman–Crippen LogP) is 5.96. The molecule has 3 aromatic carbocycles. The molecule has 1 aliphatic rings. The van der Waals surface area contributed by atoms with Crippen molar-refractivity contribution < 1.29 is 23.9 Å². The van der Waals surface area contributed by atoms with Crippen molar-refractivity contribution in [1.29, 1.82) is 0 Å². The molecule has 0 unspecified atom stereocenters. The molecular weight excluding hydrogens is 581 g/mol. The minimum atomic E-state index is -0.497. The number of halogens is 2. The van der Waals surface area contributed by atoms with E-state index in [2.05, 4.69) is 10.7 Å². The lowest BCUT2D eigenvalue weighted by atomic mass is 10.2. The first-order chi connectivity index (χ1) is 18.7. The van der Waals surface area contributed by atoms with Crippen LogP contribution in [0.2, 0.25) is 10.0 Å². The zero-order valence-electron chi connectivity index (χ0n) is 20.4. The van der Waals surface area contributed by atoms with E-state index in [4.69, 9.17) is 44.9 Å². The molecule has 0 aliphatic carbocycles. The molecule has 1 heterocycles. The first-order valence-electron chi connectivity index (χ1n) is 11.5. The van der Waals surface area contributed by atoms with Gasteiger partial charge < -0.3 is 14.8 Å². The first kappa shape index (κ1) is 28.4. The molecule has 2 N–H and O–H groups in total. The Balaban J connectivity index is 1.43. The fourth-order valence-corrected chi connectivity index (χ4v) is 4.89. The number of hydrogen-bond donors (Lipinski definition) is 2. The van der Waals surface area contributed by atoms with Gasteiger partial charge in [-0.05, 0) is 85.4 Å². The Bertz CT molecular complexity index is 1460.